The molecule has 0 aliphatic carbocycles. The maximum Gasteiger partial charge on any atom is 0.472 e. The number of rotatable bonds is 70. The maximum absolute atomic E-state index is 13.0. The van der Waals surface area contributed by atoms with E-state index in [1.165, 1.54) is 167 Å². The molecule has 17 nitrogen and oxygen atoms in total. The molecule has 0 aliphatic rings. The molecule has 0 aromatic carbocycles. The lowest BCUT2D eigenvalue weighted by atomic mass is 10.0. The van der Waals surface area contributed by atoms with Crippen molar-refractivity contribution in [1.29, 1.82) is 0 Å². The Bertz CT molecular complexity index is 1820. The van der Waals surface area contributed by atoms with E-state index in [1.54, 1.807) is 0 Å². The van der Waals surface area contributed by atoms with Crippen LogP contribution in [0.4, 0.5) is 0 Å². The van der Waals surface area contributed by atoms with E-state index in [0.29, 0.717) is 31.6 Å². The molecule has 546 valence electrons. The average molecular weight is 1350 g/mol. The fraction of sp³-hybridized carbons (Fsp3) is 0.945. The Balaban J connectivity index is 5.16. The van der Waals surface area contributed by atoms with Crippen LogP contribution in [0, 0.1) is 23.7 Å². The molecule has 0 bridgehead atoms. The maximum atomic E-state index is 13.0. The first kappa shape index (κ1) is 90.1. The lowest BCUT2D eigenvalue weighted by Crippen LogP contribution is -2.30. The second-order valence-electron chi connectivity index (χ2n) is 28.2. The minimum absolute atomic E-state index is 0.101. The van der Waals surface area contributed by atoms with Gasteiger partial charge in [0.1, 0.15) is 19.3 Å². The normalized spacial score (nSPS) is 14.2. The molecule has 5 atom stereocenters. The molecule has 0 radical (unpaired) electrons. The van der Waals surface area contributed by atoms with Crippen molar-refractivity contribution < 1.29 is 80.2 Å². The summed E-state index contributed by atoms with van der Waals surface area (Å²) in [6, 6.07) is 0. The first-order valence-corrected chi connectivity index (χ1v) is 40.7. The standard InChI is InChI=1S/C73H142O17P2/c1-63(2)49-41-33-25-19-17-15-13-11-9-10-12-14-16-18-20-30-39-47-55-72(77)89-68(59-83-70(75)53-45-37-28-23-21-26-34-42-50-64(3)4)61-87-91(79,80)85-57-67(74)58-86-92(81,82)88-62-69(90-73(78)56-48-40-32-31-36-44-52-66(7)8)60-84-71(76)54-46-38-29-24-22-27-35-43-51-65(5)6/h63-69,74H,9-62H2,1-8H3,(H,79,80)(H,81,82)/t67?,68-,69-/m1/s1. The van der Waals surface area contributed by atoms with Crippen LogP contribution in [-0.4, -0.2) is 96.7 Å². The molecule has 0 aromatic rings. The SMILES string of the molecule is CC(C)CCCCCCCCCCCCCCCCCCCCC(=O)O[C@H](COC(=O)CCCCCCCCCCC(C)C)COP(=O)(O)OCC(O)COP(=O)(O)OC[C@@H](COC(=O)CCCCCCCCCCC(C)C)OC(=O)CCCCCCCCC(C)C. The zero-order chi connectivity index (χ0) is 68.2. The summed E-state index contributed by atoms with van der Waals surface area (Å²) < 4.78 is 68.3. The van der Waals surface area contributed by atoms with Crippen LogP contribution in [-0.2, 0) is 65.4 Å². The summed E-state index contributed by atoms with van der Waals surface area (Å²) in [6.45, 7) is 14.0. The molecule has 0 saturated heterocycles. The quantitative estimate of drug-likeness (QED) is 0.0222. The first-order valence-electron chi connectivity index (χ1n) is 37.7. The van der Waals surface area contributed by atoms with Crippen LogP contribution in [0.2, 0.25) is 0 Å². The van der Waals surface area contributed by atoms with E-state index in [2.05, 4.69) is 55.4 Å². The second-order valence-corrected chi connectivity index (χ2v) is 31.1. The van der Waals surface area contributed by atoms with Gasteiger partial charge in [-0.05, 0) is 49.4 Å². The summed E-state index contributed by atoms with van der Waals surface area (Å²) in [5, 5.41) is 10.6. The van der Waals surface area contributed by atoms with Gasteiger partial charge in [-0.2, -0.15) is 0 Å². The highest BCUT2D eigenvalue weighted by atomic mass is 31.2. The van der Waals surface area contributed by atoms with Crippen LogP contribution in [0.1, 0.15) is 364 Å². The Morgan fingerprint density at radius 2 is 0.457 bits per heavy atom. The van der Waals surface area contributed by atoms with Crippen LogP contribution >= 0.6 is 15.6 Å². The minimum atomic E-state index is -4.95. The number of unbranched alkanes of at least 4 members (excludes halogenated alkanes) is 36. The van der Waals surface area contributed by atoms with Gasteiger partial charge in [-0.15, -0.1) is 0 Å². The third-order valence-electron chi connectivity index (χ3n) is 16.8. The first-order chi connectivity index (χ1) is 44.1. The topological polar surface area (TPSA) is 237 Å². The van der Waals surface area contributed by atoms with Crippen molar-refractivity contribution >= 4 is 39.5 Å². The fourth-order valence-corrected chi connectivity index (χ4v) is 12.6. The number of carbonyl (C=O) groups excluding carboxylic acids is 4. The van der Waals surface area contributed by atoms with Crippen molar-refractivity contribution in [2.75, 3.05) is 39.6 Å². The van der Waals surface area contributed by atoms with Gasteiger partial charge in [0.05, 0.1) is 26.4 Å². The lowest BCUT2D eigenvalue weighted by Gasteiger charge is -2.21. The number of phosphoric ester groups is 2. The molecule has 0 heterocycles. The molecular formula is C73H142O17P2. The second kappa shape index (κ2) is 62.6. The highest BCUT2D eigenvalue weighted by molar-refractivity contribution is 7.47. The van der Waals surface area contributed by atoms with Gasteiger partial charge >= 0.3 is 39.5 Å². The summed E-state index contributed by atoms with van der Waals surface area (Å²) in [5.74, 6) is 0.811. The van der Waals surface area contributed by atoms with E-state index in [1.807, 2.05) is 0 Å². The summed E-state index contributed by atoms with van der Waals surface area (Å²) in [4.78, 5) is 72.5. The van der Waals surface area contributed by atoms with Gasteiger partial charge in [-0.25, -0.2) is 9.13 Å². The third-order valence-corrected chi connectivity index (χ3v) is 18.7. The molecule has 92 heavy (non-hydrogen) atoms. The number of hydrogen-bond donors (Lipinski definition) is 3. The van der Waals surface area contributed by atoms with Crippen LogP contribution < -0.4 is 0 Å². The predicted molar refractivity (Wildman–Crippen MR) is 372 cm³/mol. The highest BCUT2D eigenvalue weighted by Gasteiger charge is 2.30. The highest BCUT2D eigenvalue weighted by Crippen LogP contribution is 2.45. The van der Waals surface area contributed by atoms with Gasteiger partial charge in [0, 0.05) is 25.7 Å². The van der Waals surface area contributed by atoms with E-state index >= 15 is 0 Å². The molecule has 3 N–H and O–H groups in total. The molecule has 19 heteroatoms. The summed E-state index contributed by atoms with van der Waals surface area (Å²) in [6.07, 6.45) is 46.2. The molecular weight excluding hydrogens is 1210 g/mol. The van der Waals surface area contributed by atoms with Crippen molar-refractivity contribution in [2.45, 2.75) is 382 Å². The largest absolute Gasteiger partial charge is 0.472 e. The smallest absolute Gasteiger partial charge is 0.462 e. The third kappa shape index (κ3) is 66.7. The van der Waals surface area contributed by atoms with Gasteiger partial charge in [0.15, 0.2) is 12.2 Å². The number of esters is 4. The Kier molecular flexibility index (Phi) is 61.3. The summed E-state index contributed by atoms with van der Waals surface area (Å²) in [7, 11) is -9.90. The molecule has 0 amide bonds. The summed E-state index contributed by atoms with van der Waals surface area (Å²) in [5.41, 5.74) is 0. The van der Waals surface area contributed by atoms with Crippen molar-refractivity contribution in [3.05, 3.63) is 0 Å². The molecule has 0 fully saturated rings. The Morgan fingerprint density at radius 1 is 0.272 bits per heavy atom. The van der Waals surface area contributed by atoms with Gasteiger partial charge < -0.3 is 33.8 Å². The Morgan fingerprint density at radius 3 is 0.674 bits per heavy atom. The minimum Gasteiger partial charge on any atom is -0.462 e. The fourth-order valence-electron chi connectivity index (χ4n) is 11.0. The number of aliphatic hydroxyl groups excluding tert-OH is 1. The molecule has 0 spiro atoms. The predicted octanol–water partition coefficient (Wildman–Crippen LogP) is 20.9. The number of phosphoric acid groups is 2. The van der Waals surface area contributed by atoms with E-state index < -0.39 is 97.5 Å². The number of ether oxygens (including phenoxy) is 4. The van der Waals surface area contributed by atoms with Crippen LogP contribution in [0.5, 0.6) is 0 Å². The lowest BCUT2D eigenvalue weighted by molar-refractivity contribution is -0.161. The molecule has 0 rings (SSSR count). The van der Waals surface area contributed by atoms with Crippen molar-refractivity contribution in [1.82, 2.24) is 0 Å². The van der Waals surface area contributed by atoms with Gasteiger partial charge in [0.25, 0.3) is 0 Å². The van der Waals surface area contributed by atoms with Crippen LogP contribution in [0.25, 0.3) is 0 Å². The van der Waals surface area contributed by atoms with Crippen molar-refractivity contribution in [3.63, 3.8) is 0 Å². The van der Waals surface area contributed by atoms with E-state index in [9.17, 15) is 43.2 Å². The van der Waals surface area contributed by atoms with Crippen molar-refractivity contribution in [2.24, 2.45) is 23.7 Å². The molecule has 3 unspecified atom stereocenters. The Labute approximate surface area is 562 Å². The van der Waals surface area contributed by atoms with E-state index in [4.69, 9.17) is 37.0 Å². The van der Waals surface area contributed by atoms with Gasteiger partial charge in [-0.1, -0.05) is 312 Å². The number of carbonyl (C=O) groups is 4. The number of aliphatic hydroxyl groups is 1. The summed E-state index contributed by atoms with van der Waals surface area (Å²) >= 11 is 0. The average Bonchev–Trinajstić information content (AvgIpc) is 1.48. The molecule has 0 saturated carbocycles. The Hall–Kier alpha value is -1.94. The molecule has 0 aliphatic heterocycles. The van der Waals surface area contributed by atoms with E-state index in [-0.39, 0.29) is 25.7 Å². The van der Waals surface area contributed by atoms with Crippen LogP contribution in [0.3, 0.4) is 0 Å². The number of hydrogen-bond acceptors (Lipinski definition) is 15. The van der Waals surface area contributed by atoms with Crippen LogP contribution in [0.15, 0.2) is 0 Å². The van der Waals surface area contributed by atoms with Gasteiger partial charge in [-0.3, -0.25) is 37.3 Å². The van der Waals surface area contributed by atoms with Gasteiger partial charge in [0.2, 0.25) is 0 Å². The monoisotopic (exact) mass is 1350 g/mol. The van der Waals surface area contributed by atoms with Crippen molar-refractivity contribution in [3.8, 4) is 0 Å². The zero-order valence-electron chi connectivity index (χ0n) is 60.2. The zero-order valence-corrected chi connectivity index (χ0v) is 62.0. The molecule has 0 aromatic heterocycles. The van der Waals surface area contributed by atoms with E-state index in [0.717, 1.165) is 108 Å².